The Bertz CT molecular complexity index is 329. The maximum absolute atomic E-state index is 4.28. The third-order valence-electron chi connectivity index (χ3n) is 3.08. The topological polar surface area (TPSA) is 42.7 Å². The average molecular weight is 208 g/mol. The van der Waals surface area contributed by atoms with Crippen LogP contribution in [0.5, 0.6) is 0 Å². The first kappa shape index (κ1) is 10.6. The highest BCUT2D eigenvalue weighted by Gasteiger charge is 2.23. The Labute approximate surface area is 91.1 Å². The standard InChI is InChI=1S/C11H20N4/c1-8(2)11-14-13-10-5-4-9(6-12-3)7-15(10)11/h8-9,12H,4-7H2,1-3H3/t9-/m1/s1. The van der Waals surface area contributed by atoms with Gasteiger partial charge in [-0.2, -0.15) is 0 Å². The molecule has 1 atom stereocenters. The molecule has 84 valence electrons. The third kappa shape index (κ3) is 2.04. The number of rotatable bonds is 3. The van der Waals surface area contributed by atoms with E-state index < -0.39 is 0 Å². The minimum Gasteiger partial charge on any atom is -0.319 e. The lowest BCUT2D eigenvalue weighted by molar-refractivity contribution is 0.348. The minimum absolute atomic E-state index is 0.472. The molecule has 4 nitrogen and oxygen atoms in total. The molecule has 0 aliphatic carbocycles. The van der Waals surface area contributed by atoms with Gasteiger partial charge in [-0.3, -0.25) is 0 Å². The molecule has 0 unspecified atom stereocenters. The highest BCUT2D eigenvalue weighted by Crippen LogP contribution is 2.22. The van der Waals surface area contributed by atoms with Crippen LogP contribution < -0.4 is 5.32 Å². The summed E-state index contributed by atoms with van der Waals surface area (Å²) in [7, 11) is 2.02. The van der Waals surface area contributed by atoms with Crippen molar-refractivity contribution in [1.29, 1.82) is 0 Å². The Morgan fingerprint density at radius 2 is 2.27 bits per heavy atom. The molecule has 1 aliphatic heterocycles. The van der Waals surface area contributed by atoms with Gasteiger partial charge in [-0.25, -0.2) is 0 Å². The first-order valence-corrected chi connectivity index (χ1v) is 5.79. The summed E-state index contributed by atoms with van der Waals surface area (Å²) in [4.78, 5) is 0. The number of aryl methyl sites for hydroxylation is 1. The highest BCUT2D eigenvalue weighted by atomic mass is 15.3. The quantitative estimate of drug-likeness (QED) is 0.811. The molecular formula is C11H20N4. The predicted octanol–water partition coefficient (Wildman–Crippen LogP) is 1.18. The van der Waals surface area contributed by atoms with E-state index in [1.165, 1.54) is 12.2 Å². The molecule has 15 heavy (non-hydrogen) atoms. The highest BCUT2D eigenvalue weighted by molar-refractivity contribution is 5.03. The summed E-state index contributed by atoms with van der Waals surface area (Å²) < 4.78 is 2.32. The van der Waals surface area contributed by atoms with Crippen LogP contribution in [0.1, 0.15) is 37.8 Å². The largest absolute Gasteiger partial charge is 0.319 e. The van der Waals surface area contributed by atoms with Gasteiger partial charge in [0.25, 0.3) is 0 Å². The van der Waals surface area contributed by atoms with Crippen LogP contribution in [0.15, 0.2) is 0 Å². The average Bonchev–Trinajstić information content (AvgIpc) is 2.61. The summed E-state index contributed by atoms with van der Waals surface area (Å²) in [6.07, 6.45) is 2.31. The molecular weight excluding hydrogens is 188 g/mol. The Morgan fingerprint density at radius 3 is 2.93 bits per heavy atom. The molecule has 1 N–H and O–H groups in total. The van der Waals surface area contributed by atoms with Crippen LogP contribution in [0.3, 0.4) is 0 Å². The van der Waals surface area contributed by atoms with Crippen LogP contribution in [0.25, 0.3) is 0 Å². The number of fused-ring (bicyclic) bond motifs is 1. The van der Waals surface area contributed by atoms with E-state index in [0.29, 0.717) is 5.92 Å². The molecule has 1 aromatic heterocycles. The molecule has 0 bridgehead atoms. The second-order valence-corrected chi connectivity index (χ2v) is 4.70. The van der Waals surface area contributed by atoms with E-state index in [0.717, 1.165) is 31.3 Å². The second-order valence-electron chi connectivity index (χ2n) is 4.70. The van der Waals surface area contributed by atoms with E-state index in [1.807, 2.05) is 7.05 Å². The molecule has 0 saturated carbocycles. The van der Waals surface area contributed by atoms with Gasteiger partial charge in [-0.05, 0) is 25.9 Å². The van der Waals surface area contributed by atoms with Crippen molar-refractivity contribution in [2.75, 3.05) is 13.6 Å². The smallest absolute Gasteiger partial charge is 0.135 e. The number of aromatic nitrogens is 3. The van der Waals surface area contributed by atoms with Gasteiger partial charge in [0.2, 0.25) is 0 Å². The van der Waals surface area contributed by atoms with Crippen LogP contribution in [0.2, 0.25) is 0 Å². The van der Waals surface area contributed by atoms with E-state index in [9.17, 15) is 0 Å². The lowest BCUT2D eigenvalue weighted by atomic mass is 9.99. The molecule has 2 heterocycles. The van der Waals surface area contributed by atoms with Crippen LogP contribution in [-0.2, 0) is 13.0 Å². The maximum atomic E-state index is 4.28. The SMILES string of the molecule is CNC[C@H]1CCc2nnc(C(C)C)n2C1. The van der Waals surface area contributed by atoms with E-state index in [2.05, 4.69) is 33.9 Å². The fourth-order valence-electron chi connectivity index (χ4n) is 2.30. The normalized spacial score (nSPS) is 20.7. The van der Waals surface area contributed by atoms with Crippen molar-refractivity contribution in [2.24, 2.45) is 5.92 Å². The molecule has 2 rings (SSSR count). The Hall–Kier alpha value is -0.900. The molecule has 1 aromatic rings. The first-order valence-electron chi connectivity index (χ1n) is 5.79. The van der Waals surface area contributed by atoms with Gasteiger partial charge in [0.15, 0.2) is 0 Å². The van der Waals surface area contributed by atoms with Crippen molar-refractivity contribution in [3.8, 4) is 0 Å². The second kappa shape index (κ2) is 4.31. The summed E-state index contributed by atoms with van der Waals surface area (Å²) >= 11 is 0. The van der Waals surface area contributed by atoms with Crippen molar-refractivity contribution < 1.29 is 0 Å². The summed E-state index contributed by atoms with van der Waals surface area (Å²) in [6.45, 7) is 6.53. The fourth-order valence-corrected chi connectivity index (χ4v) is 2.30. The lowest BCUT2D eigenvalue weighted by Gasteiger charge is -2.24. The molecule has 0 spiro atoms. The summed E-state index contributed by atoms with van der Waals surface area (Å²) in [5.41, 5.74) is 0. The number of nitrogens with zero attached hydrogens (tertiary/aromatic N) is 3. The predicted molar refractivity (Wildman–Crippen MR) is 59.8 cm³/mol. The monoisotopic (exact) mass is 208 g/mol. The molecule has 0 radical (unpaired) electrons. The maximum Gasteiger partial charge on any atom is 0.135 e. The number of hydrogen-bond acceptors (Lipinski definition) is 3. The Kier molecular flexibility index (Phi) is 3.05. The van der Waals surface area contributed by atoms with Crippen LogP contribution >= 0.6 is 0 Å². The summed E-state index contributed by atoms with van der Waals surface area (Å²) in [6, 6.07) is 0. The van der Waals surface area contributed by atoms with Crippen molar-refractivity contribution in [3.05, 3.63) is 11.6 Å². The number of hydrogen-bond donors (Lipinski definition) is 1. The molecule has 4 heteroatoms. The van der Waals surface area contributed by atoms with Crippen LogP contribution in [0, 0.1) is 5.92 Å². The first-order chi connectivity index (χ1) is 7.22. The van der Waals surface area contributed by atoms with Crippen LogP contribution in [0.4, 0.5) is 0 Å². The van der Waals surface area contributed by atoms with E-state index in [-0.39, 0.29) is 0 Å². The fraction of sp³-hybridized carbons (Fsp3) is 0.818. The van der Waals surface area contributed by atoms with E-state index in [1.54, 1.807) is 0 Å². The molecule has 0 saturated heterocycles. The van der Waals surface area contributed by atoms with E-state index >= 15 is 0 Å². The van der Waals surface area contributed by atoms with Crippen molar-refractivity contribution >= 4 is 0 Å². The Balaban J connectivity index is 2.18. The van der Waals surface area contributed by atoms with Gasteiger partial charge in [0.1, 0.15) is 11.6 Å². The summed E-state index contributed by atoms with van der Waals surface area (Å²) in [5.74, 6) is 3.52. The zero-order valence-electron chi connectivity index (χ0n) is 9.82. The minimum atomic E-state index is 0.472. The van der Waals surface area contributed by atoms with Gasteiger partial charge in [-0.15, -0.1) is 10.2 Å². The lowest BCUT2D eigenvalue weighted by Crippen LogP contribution is -2.29. The van der Waals surface area contributed by atoms with Gasteiger partial charge < -0.3 is 9.88 Å². The Morgan fingerprint density at radius 1 is 1.47 bits per heavy atom. The molecule has 0 aromatic carbocycles. The van der Waals surface area contributed by atoms with Gasteiger partial charge in [0, 0.05) is 18.9 Å². The third-order valence-corrected chi connectivity index (χ3v) is 3.08. The molecule has 0 amide bonds. The molecule has 1 aliphatic rings. The zero-order valence-corrected chi connectivity index (χ0v) is 9.82. The zero-order chi connectivity index (χ0) is 10.8. The van der Waals surface area contributed by atoms with E-state index in [4.69, 9.17) is 0 Å². The van der Waals surface area contributed by atoms with Crippen molar-refractivity contribution in [2.45, 2.75) is 39.2 Å². The van der Waals surface area contributed by atoms with Gasteiger partial charge in [-0.1, -0.05) is 13.8 Å². The summed E-state index contributed by atoms with van der Waals surface area (Å²) in [5, 5.41) is 11.8. The number of nitrogens with one attached hydrogen (secondary N) is 1. The van der Waals surface area contributed by atoms with Crippen molar-refractivity contribution in [3.63, 3.8) is 0 Å². The van der Waals surface area contributed by atoms with Gasteiger partial charge in [0.05, 0.1) is 0 Å². The van der Waals surface area contributed by atoms with Crippen LogP contribution in [-0.4, -0.2) is 28.4 Å². The molecule has 0 fully saturated rings. The van der Waals surface area contributed by atoms with Gasteiger partial charge >= 0.3 is 0 Å². The van der Waals surface area contributed by atoms with Crippen molar-refractivity contribution in [1.82, 2.24) is 20.1 Å².